The molecule has 1 heterocycles. The number of hydrogen-bond acceptors (Lipinski definition) is 6. The SMILES string of the molecule is CCC(CC)OC(CCCCCCC(CCCCCCCC(=O)O)NCC1CCOC1)(OC(CC)CC)C(=O)O. The maximum absolute atomic E-state index is 12.5. The van der Waals surface area contributed by atoms with Gasteiger partial charge in [0.1, 0.15) is 0 Å². The van der Waals surface area contributed by atoms with Gasteiger partial charge in [0.15, 0.2) is 0 Å². The van der Waals surface area contributed by atoms with Crippen molar-refractivity contribution >= 4 is 11.9 Å². The first-order valence-electron chi connectivity index (χ1n) is 16.4. The summed E-state index contributed by atoms with van der Waals surface area (Å²) in [5.74, 6) is -2.67. The van der Waals surface area contributed by atoms with Gasteiger partial charge >= 0.3 is 11.9 Å². The van der Waals surface area contributed by atoms with Crippen LogP contribution in [0.1, 0.15) is 143 Å². The van der Waals surface area contributed by atoms with Crippen molar-refractivity contribution in [3.63, 3.8) is 0 Å². The van der Waals surface area contributed by atoms with E-state index in [2.05, 4.69) is 5.32 Å². The minimum atomic E-state index is -1.56. The lowest BCUT2D eigenvalue weighted by molar-refractivity contribution is -0.279. The van der Waals surface area contributed by atoms with Crippen LogP contribution in [0.5, 0.6) is 0 Å². The minimum Gasteiger partial charge on any atom is -0.481 e. The van der Waals surface area contributed by atoms with E-state index in [1.165, 1.54) is 0 Å². The fraction of sp³-hybridized carbons (Fsp3) is 0.938. The molecule has 8 nitrogen and oxygen atoms in total. The highest BCUT2D eigenvalue weighted by molar-refractivity contribution is 5.75. The molecule has 8 heteroatoms. The smallest absolute Gasteiger partial charge is 0.364 e. The molecule has 40 heavy (non-hydrogen) atoms. The van der Waals surface area contributed by atoms with Crippen LogP contribution < -0.4 is 5.32 Å². The van der Waals surface area contributed by atoms with Gasteiger partial charge in [-0.25, -0.2) is 4.79 Å². The van der Waals surface area contributed by atoms with Crippen LogP contribution in [0.15, 0.2) is 0 Å². The van der Waals surface area contributed by atoms with E-state index in [1.54, 1.807) is 0 Å². The molecule has 3 N–H and O–H groups in total. The lowest BCUT2D eigenvalue weighted by atomic mass is 9.98. The molecule has 1 rings (SSSR count). The molecule has 0 saturated carbocycles. The zero-order valence-corrected chi connectivity index (χ0v) is 26.1. The Balaban J connectivity index is 2.53. The highest BCUT2D eigenvalue weighted by atomic mass is 16.7. The number of unbranched alkanes of at least 4 members (excludes halogenated alkanes) is 7. The van der Waals surface area contributed by atoms with E-state index in [9.17, 15) is 14.7 Å². The Bertz CT molecular complexity index is 631. The number of ether oxygens (including phenoxy) is 3. The molecule has 1 aliphatic rings. The molecule has 0 aromatic heterocycles. The van der Waals surface area contributed by atoms with Crippen LogP contribution in [0.2, 0.25) is 0 Å². The largest absolute Gasteiger partial charge is 0.481 e. The first-order valence-corrected chi connectivity index (χ1v) is 16.4. The van der Waals surface area contributed by atoms with Gasteiger partial charge in [-0.1, -0.05) is 72.6 Å². The number of carboxylic acids is 2. The summed E-state index contributed by atoms with van der Waals surface area (Å²) < 4.78 is 17.9. The number of rotatable bonds is 27. The molecule has 0 spiro atoms. The third kappa shape index (κ3) is 15.7. The Labute approximate surface area is 244 Å². The van der Waals surface area contributed by atoms with Gasteiger partial charge in [0.25, 0.3) is 5.79 Å². The summed E-state index contributed by atoms with van der Waals surface area (Å²) in [6, 6.07) is 0.481. The fourth-order valence-corrected chi connectivity index (χ4v) is 5.53. The van der Waals surface area contributed by atoms with Crippen LogP contribution in [0.3, 0.4) is 0 Å². The number of aliphatic carboxylic acids is 2. The number of carboxylic acid groups (broad SMARTS) is 2. The predicted octanol–water partition coefficient (Wildman–Crippen LogP) is 7.33. The Morgan fingerprint density at radius 2 is 1.35 bits per heavy atom. The van der Waals surface area contributed by atoms with Gasteiger partial charge in [0.2, 0.25) is 0 Å². The highest BCUT2D eigenvalue weighted by Crippen LogP contribution is 2.29. The Hall–Kier alpha value is -1.22. The van der Waals surface area contributed by atoms with Crippen molar-refractivity contribution < 1.29 is 34.0 Å². The summed E-state index contributed by atoms with van der Waals surface area (Å²) in [4.78, 5) is 23.1. The molecule has 1 aliphatic heterocycles. The van der Waals surface area contributed by atoms with Crippen molar-refractivity contribution in [1.29, 1.82) is 0 Å². The molecule has 0 bridgehead atoms. The van der Waals surface area contributed by atoms with Crippen LogP contribution in [0.4, 0.5) is 0 Å². The number of hydrogen-bond donors (Lipinski definition) is 3. The van der Waals surface area contributed by atoms with Crippen LogP contribution in [-0.4, -0.2) is 65.9 Å². The van der Waals surface area contributed by atoms with E-state index in [0.717, 1.165) is 122 Å². The van der Waals surface area contributed by atoms with Crippen molar-refractivity contribution in [3.8, 4) is 0 Å². The van der Waals surface area contributed by atoms with Crippen molar-refractivity contribution in [3.05, 3.63) is 0 Å². The molecule has 2 atom stereocenters. The monoisotopic (exact) mass is 571 g/mol. The standard InChI is InChI=1S/C32H61NO7/c1-5-28(6-2)39-32(31(36)37,40-29(7-3)8-4)22-17-13-12-15-19-27(33-24-26-21-23-38-25-26)18-14-10-9-11-16-20-30(34)35/h26-29,33H,5-25H2,1-4H3,(H,34,35)(H,36,37). The van der Waals surface area contributed by atoms with Crippen molar-refractivity contribution in [2.75, 3.05) is 19.8 Å². The summed E-state index contributed by atoms with van der Waals surface area (Å²) in [7, 11) is 0. The van der Waals surface area contributed by atoms with E-state index in [4.69, 9.17) is 19.3 Å². The van der Waals surface area contributed by atoms with Crippen LogP contribution >= 0.6 is 0 Å². The van der Waals surface area contributed by atoms with E-state index in [1.807, 2.05) is 27.7 Å². The summed E-state index contributed by atoms with van der Waals surface area (Å²) in [6.45, 7) is 10.8. The average molecular weight is 572 g/mol. The maximum atomic E-state index is 12.5. The van der Waals surface area contributed by atoms with Crippen molar-refractivity contribution in [2.45, 2.75) is 167 Å². The topological polar surface area (TPSA) is 114 Å². The van der Waals surface area contributed by atoms with Gasteiger partial charge < -0.3 is 29.7 Å². The minimum absolute atomic E-state index is 0.125. The molecule has 0 radical (unpaired) electrons. The summed E-state index contributed by atoms with van der Waals surface area (Å²) >= 11 is 0. The second kappa shape index (κ2) is 22.4. The van der Waals surface area contributed by atoms with Crippen LogP contribution in [-0.2, 0) is 23.8 Å². The highest BCUT2D eigenvalue weighted by Gasteiger charge is 2.44. The molecule has 1 saturated heterocycles. The van der Waals surface area contributed by atoms with E-state index >= 15 is 0 Å². The van der Waals surface area contributed by atoms with Crippen molar-refractivity contribution in [1.82, 2.24) is 5.32 Å². The molecular weight excluding hydrogens is 510 g/mol. The zero-order valence-electron chi connectivity index (χ0n) is 26.1. The van der Waals surface area contributed by atoms with Gasteiger partial charge in [-0.3, -0.25) is 4.79 Å². The third-order valence-electron chi connectivity index (χ3n) is 8.33. The van der Waals surface area contributed by atoms with Gasteiger partial charge in [0.05, 0.1) is 18.8 Å². The second-order valence-electron chi connectivity index (χ2n) is 11.7. The van der Waals surface area contributed by atoms with Gasteiger partial charge in [0, 0.05) is 32.0 Å². The molecule has 1 fully saturated rings. The third-order valence-corrected chi connectivity index (χ3v) is 8.33. The maximum Gasteiger partial charge on any atom is 0.364 e. The molecule has 0 aromatic rings. The normalized spacial score (nSPS) is 16.7. The van der Waals surface area contributed by atoms with Crippen LogP contribution in [0.25, 0.3) is 0 Å². The van der Waals surface area contributed by atoms with Gasteiger partial charge in [-0.15, -0.1) is 0 Å². The lowest BCUT2D eigenvalue weighted by Crippen LogP contribution is -2.49. The quantitative estimate of drug-likeness (QED) is 0.0694. The molecular formula is C32H61NO7. The van der Waals surface area contributed by atoms with E-state index in [-0.39, 0.29) is 18.6 Å². The Kier molecular flexibility index (Phi) is 20.6. The molecule has 0 amide bonds. The van der Waals surface area contributed by atoms with E-state index in [0.29, 0.717) is 18.4 Å². The molecule has 2 unspecified atom stereocenters. The van der Waals surface area contributed by atoms with E-state index < -0.39 is 17.7 Å². The second-order valence-corrected chi connectivity index (χ2v) is 11.7. The molecule has 236 valence electrons. The van der Waals surface area contributed by atoms with Crippen molar-refractivity contribution in [2.24, 2.45) is 5.92 Å². The zero-order chi connectivity index (χ0) is 29.6. The Morgan fingerprint density at radius 3 is 1.82 bits per heavy atom. The summed E-state index contributed by atoms with van der Waals surface area (Å²) in [5, 5.41) is 22.8. The summed E-state index contributed by atoms with van der Waals surface area (Å²) in [5.41, 5.74) is 0. The predicted molar refractivity (Wildman–Crippen MR) is 160 cm³/mol. The summed E-state index contributed by atoms with van der Waals surface area (Å²) in [6.07, 6.45) is 15.9. The first-order chi connectivity index (χ1) is 19.3. The molecule has 0 aromatic carbocycles. The number of nitrogens with one attached hydrogen (secondary N) is 1. The Morgan fingerprint density at radius 1 is 0.825 bits per heavy atom. The molecule has 0 aliphatic carbocycles. The fourth-order valence-electron chi connectivity index (χ4n) is 5.53. The van der Waals surface area contributed by atoms with Gasteiger partial charge in [-0.2, -0.15) is 0 Å². The lowest BCUT2D eigenvalue weighted by Gasteiger charge is -2.36. The first kappa shape index (κ1) is 36.8. The van der Waals surface area contributed by atoms with Gasteiger partial charge in [-0.05, 0) is 63.7 Å². The van der Waals surface area contributed by atoms with Crippen LogP contribution in [0, 0.1) is 5.92 Å². The average Bonchev–Trinajstić information content (AvgIpc) is 3.47. The number of carbonyl (C=O) groups is 2.